The first kappa shape index (κ1) is 17.1. The van der Waals surface area contributed by atoms with Gasteiger partial charge in [0, 0.05) is 17.0 Å². The minimum Gasteiger partial charge on any atom is -0.493 e. The summed E-state index contributed by atoms with van der Waals surface area (Å²) in [6.07, 6.45) is -3.76. The molecule has 0 radical (unpaired) electrons. The van der Waals surface area contributed by atoms with Crippen molar-refractivity contribution in [2.75, 3.05) is 19.8 Å². The van der Waals surface area contributed by atoms with E-state index >= 15 is 0 Å². The Morgan fingerprint density at radius 2 is 1.85 bits per heavy atom. The molecule has 0 fully saturated rings. The number of ether oxygens (including phenoxy) is 3. The maximum atomic E-state index is 11.8. The van der Waals surface area contributed by atoms with Crippen molar-refractivity contribution >= 4 is 15.9 Å². The van der Waals surface area contributed by atoms with Crippen molar-refractivity contribution in [3.05, 3.63) is 23.8 Å². The highest BCUT2D eigenvalue weighted by Crippen LogP contribution is 2.27. The van der Waals surface area contributed by atoms with E-state index in [0.29, 0.717) is 23.4 Å². The van der Waals surface area contributed by atoms with Gasteiger partial charge in [-0.3, -0.25) is 4.74 Å². The lowest BCUT2D eigenvalue weighted by Crippen LogP contribution is -2.18. The maximum Gasteiger partial charge on any atom is 0.522 e. The van der Waals surface area contributed by atoms with Crippen LogP contribution in [0.5, 0.6) is 11.5 Å². The summed E-state index contributed by atoms with van der Waals surface area (Å²) in [5.74, 6) is 1.12. The van der Waals surface area contributed by atoms with Gasteiger partial charge >= 0.3 is 6.36 Å². The van der Waals surface area contributed by atoms with Crippen molar-refractivity contribution in [1.82, 2.24) is 0 Å². The van der Waals surface area contributed by atoms with E-state index in [-0.39, 0.29) is 6.61 Å². The van der Waals surface area contributed by atoms with Crippen LogP contribution in [0.3, 0.4) is 0 Å². The molecule has 0 aliphatic rings. The first-order valence-corrected chi connectivity index (χ1v) is 7.23. The zero-order chi connectivity index (χ0) is 15.0. The van der Waals surface area contributed by atoms with E-state index in [0.717, 1.165) is 12.0 Å². The molecule has 1 aromatic carbocycles. The van der Waals surface area contributed by atoms with Gasteiger partial charge in [0.15, 0.2) is 0 Å². The summed E-state index contributed by atoms with van der Waals surface area (Å²) in [5, 5.41) is 0.538. The van der Waals surface area contributed by atoms with Gasteiger partial charge in [0.25, 0.3) is 0 Å². The highest BCUT2D eigenvalue weighted by atomic mass is 79.9. The van der Waals surface area contributed by atoms with E-state index < -0.39 is 13.0 Å². The number of halogens is 4. The summed E-state index contributed by atoms with van der Waals surface area (Å²) in [5.41, 5.74) is 0.834. The summed E-state index contributed by atoms with van der Waals surface area (Å²) in [6, 6.07) is 5.27. The van der Waals surface area contributed by atoms with Gasteiger partial charge in [-0.25, -0.2) is 0 Å². The summed E-state index contributed by atoms with van der Waals surface area (Å²) < 4.78 is 49.9. The van der Waals surface area contributed by atoms with Gasteiger partial charge in [-0.15, -0.1) is 13.2 Å². The zero-order valence-electron chi connectivity index (χ0n) is 11.0. The zero-order valence-corrected chi connectivity index (χ0v) is 12.6. The van der Waals surface area contributed by atoms with Gasteiger partial charge in [-0.05, 0) is 12.5 Å². The Balaban J connectivity index is 2.57. The van der Waals surface area contributed by atoms with E-state index in [1.54, 1.807) is 18.2 Å². The summed E-state index contributed by atoms with van der Waals surface area (Å²) in [7, 11) is 0. The highest BCUT2D eigenvalue weighted by molar-refractivity contribution is 9.08. The Morgan fingerprint density at radius 1 is 1.10 bits per heavy atom. The molecule has 0 saturated heterocycles. The molecule has 1 aromatic rings. The first-order valence-electron chi connectivity index (χ1n) is 6.11. The van der Waals surface area contributed by atoms with Crippen molar-refractivity contribution < 1.29 is 27.4 Å². The number of benzene rings is 1. The molecular weight excluding hydrogens is 341 g/mol. The second kappa shape index (κ2) is 8.36. The normalized spacial score (nSPS) is 11.4. The van der Waals surface area contributed by atoms with Gasteiger partial charge in [-0.2, -0.15) is 0 Å². The summed E-state index contributed by atoms with van der Waals surface area (Å²) in [4.78, 5) is 0. The third-order valence-corrected chi connectivity index (χ3v) is 2.87. The topological polar surface area (TPSA) is 27.7 Å². The summed E-state index contributed by atoms with van der Waals surface area (Å²) in [6.45, 7) is 1.82. The lowest BCUT2D eigenvalue weighted by molar-refractivity contribution is -0.325. The molecule has 0 amide bonds. The van der Waals surface area contributed by atoms with E-state index in [1.807, 2.05) is 6.92 Å². The monoisotopic (exact) mass is 356 g/mol. The van der Waals surface area contributed by atoms with Crippen LogP contribution in [0.1, 0.15) is 18.9 Å². The van der Waals surface area contributed by atoms with Crippen LogP contribution in [0.15, 0.2) is 18.2 Å². The van der Waals surface area contributed by atoms with Crippen molar-refractivity contribution in [1.29, 1.82) is 0 Å². The molecule has 0 atom stereocenters. The van der Waals surface area contributed by atoms with E-state index in [9.17, 15) is 13.2 Å². The van der Waals surface area contributed by atoms with Crippen LogP contribution in [0, 0.1) is 0 Å². The van der Waals surface area contributed by atoms with Gasteiger partial charge in [0.2, 0.25) is 0 Å². The van der Waals surface area contributed by atoms with Crippen LogP contribution in [-0.4, -0.2) is 26.2 Å². The molecule has 0 N–H and O–H groups in total. The van der Waals surface area contributed by atoms with Gasteiger partial charge < -0.3 is 9.47 Å². The van der Waals surface area contributed by atoms with Crippen LogP contribution in [0.2, 0.25) is 0 Å². The molecule has 0 aliphatic carbocycles. The molecule has 0 unspecified atom stereocenters. The van der Waals surface area contributed by atoms with Crippen LogP contribution in [-0.2, 0) is 10.1 Å². The molecule has 0 spiro atoms. The maximum absolute atomic E-state index is 11.8. The Hall–Kier alpha value is -0.950. The highest BCUT2D eigenvalue weighted by Gasteiger charge is 2.28. The predicted octanol–water partition coefficient (Wildman–Crippen LogP) is 4.29. The van der Waals surface area contributed by atoms with Gasteiger partial charge in [-0.1, -0.05) is 28.9 Å². The second-order valence-electron chi connectivity index (χ2n) is 3.89. The van der Waals surface area contributed by atoms with Crippen LogP contribution in [0.25, 0.3) is 0 Å². The Morgan fingerprint density at radius 3 is 2.45 bits per heavy atom. The molecule has 0 bridgehead atoms. The SMILES string of the molecule is CCCOc1ccc(CBr)c(OCCOC(F)(F)F)c1. The summed E-state index contributed by atoms with van der Waals surface area (Å²) >= 11 is 3.29. The number of hydrogen-bond donors (Lipinski definition) is 0. The molecule has 0 heterocycles. The Kier molecular flexibility index (Phi) is 7.15. The fourth-order valence-corrected chi connectivity index (χ4v) is 1.86. The minimum absolute atomic E-state index is 0.184. The van der Waals surface area contributed by atoms with Crippen LogP contribution >= 0.6 is 15.9 Å². The van der Waals surface area contributed by atoms with E-state index in [4.69, 9.17) is 9.47 Å². The molecule has 0 saturated carbocycles. The smallest absolute Gasteiger partial charge is 0.493 e. The van der Waals surface area contributed by atoms with Crippen molar-refractivity contribution in [2.24, 2.45) is 0 Å². The molecular formula is C13H16BrF3O3. The molecule has 7 heteroatoms. The van der Waals surface area contributed by atoms with Gasteiger partial charge in [0.05, 0.1) is 13.2 Å². The fraction of sp³-hybridized carbons (Fsp3) is 0.538. The fourth-order valence-electron chi connectivity index (χ4n) is 1.40. The quantitative estimate of drug-likeness (QED) is 0.513. The van der Waals surface area contributed by atoms with Gasteiger partial charge in [0.1, 0.15) is 18.1 Å². The first-order chi connectivity index (χ1) is 9.46. The Labute approximate surface area is 124 Å². The average Bonchev–Trinajstić information content (AvgIpc) is 2.40. The largest absolute Gasteiger partial charge is 0.522 e. The van der Waals surface area contributed by atoms with E-state index in [2.05, 4.69) is 20.7 Å². The number of hydrogen-bond acceptors (Lipinski definition) is 3. The lowest BCUT2D eigenvalue weighted by Gasteiger charge is -2.13. The molecule has 20 heavy (non-hydrogen) atoms. The third-order valence-electron chi connectivity index (χ3n) is 2.26. The second-order valence-corrected chi connectivity index (χ2v) is 4.46. The van der Waals surface area contributed by atoms with Crippen molar-refractivity contribution in [3.63, 3.8) is 0 Å². The van der Waals surface area contributed by atoms with Crippen molar-refractivity contribution in [2.45, 2.75) is 25.0 Å². The Bertz CT molecular complexity index is 410. The predicted molar refractivity (Wildman–Crippen MR) is 72.4 cm³/mol. The molecule has 1 rings (SSSR count). The average molecular weight is 357 g/mol. The standard InChI is InChI=1S/C13H16BrF3O3/c1-2-5-18-11-4-3-10(9-14)12(8-11)19-6-7-20-13(15,16)17/h3-4,8H,2,5-7,9H2,1H3. The number of alkyl halides is 4. The lowest BCUT2D eigenvalue weighted by atomic mass is 10.2. The van der Waals surface area contributed by atoms with Crippen LogP contribution in [0.4, 0.5) is 13.2 Å². The molecule has 114 valence electrons. The van der Waals surface area contributed by atoms with E-state index in [1.165, 1.54) is 0 Å². The minimum atomic E-state index is -4.63. The van der Waals surface area contributed by atoms with Crippen molar-refractivity contribution in [3.8, 4) is 11.5 Å². The number of rotatable bonds is 8. The van der Waals surface area contributed by atoms with Crippen LogP contribution < -0.4 is 9.47 Å². The molecule has 0 aromatic heterocycles. The third kappa shape index (κ3) is 6.47. The molecule has 0 aliphatic heterocycles. The molecule has 3 nitrogen and oxygen atoms in total.